The number of hydrogen-bond donors (Lipinski definition) is 0. The van der Waals surface area contributed by atoms with Crippen molar-refractivity contribution in [3.05, 3.63) is 0 Å². The fraction of sp³-hybridized carbons (Fsp3) is 1.00. The third-order valence-electron chi connectivity index (χ3n) is 9.55. The van der Waals surface area contributed by atoms with E-state index in [1.54, 1.807) is 31.1 Å². The maximum Gasteiger partial charge on any atom is 0.673 e. The van der Waals surface area contributed by atoms with Crippen LogP contribution in [0.5, 0.6) is 0 Å². The summed E-state index contributed by atoms with van der Waals surface area (Å²) in [5, 5.41) is 0. The molecule has 0 nitrogen and oxygen atoms in total. The summed E-state index contributed by atoms with van der Waals surface area (Å²) in [6.07, 6.45) is 38.6. The number of halogens is 4. The zero-order chi connectivity index (χ0) is 32.1. The molecule has 0 amide bonds. The van der Waals surface area contributed by atoms with Crippen molar-refractivity contribution in [3.8, 4) is 0 Å². The Hall–Kier alpha value is 0.215. The molecular formula is C36H76BF4P. The fourth-order valence-electron chi connectivity index (χ4n) is 6.83. The first kappa shape index (κ1) is 44.3. The summed E-state index contributed by atoms with van der Waals surface area (Å²) in [6, 6.07) is 0. The van der Waals surface area contributed by atoms with E-state index < -0.39 is 14.5 Å². The summed E-state index contributed by atoms with van der Waals surface area (Å²) in [7, 11) is -6.91. The van der Waals surface area contributed by atoms with Gasteiger partial charge < -0.3 is 17.3 Å². The van der Waals surface area contributed by atoms with Gasteiger partial charge >= 0.3 is 7.25 Å². The van der Waals surface area contributed by atoms with Gasteiger partial charge in [-0.15, -0.1) is 0 Å². The van der Waals surface area contributed by atoms with Crippen LogP contribution in [0.3, 0.4) is 0 Å². The Kier molecular flexibility index (Phi) is 31.6. The van der Waals surface area contributed by atoms with E-state index in [1.807, 2.05) is 0 Å². The minimum atomic E-state index is -6.00. The lowest BCUT2D eigenvalue weighted by atomic mass is 10.0. The molecule has 3 unspecified atom stereocenters. The first-order valence-corrected chi connectivity index (χ1v) is 21.3. The van der Waals surface area contributed by atoms with Crippen LogP contribution in [-0.2, 0) is 0 Å². The van der Waals surface area contributed by atoms with Crippen LogP contribution in [0.1, 0.15) is 190 Å². The van der Waals surface area contributed by atoms with Gasteiger partial charge in [0.2, 0.25) is 0 Å². The Morgan fingerprint density at radius 2 is 0.667 bits per heavy atom. The van der Waals surface area contributed by atoms with Crippen molar-refractivity contribution in [2.24, 2.45) is 17.8 Å². The predicted molar refractivity (Wildman–Crippen MR) is 188 cm³/mol. The summed E-state index contributed by atoms with van der Waals surface area (Å²) < 4.78 is 39.0. The average Bonchev–Trinajstić information content (AvgIpc) is 2.95. The molecule has 0 aliphatic carbocycles. The SMILES string of the molecule is CCCCCCCCCCCC[P+](CC(CC)CCCC)(CC(CC)CCCC)CC(CC)CCCC.F[B-](F)(F)F. The van der Waals surface area contributed by atoms with E-state index in [0.717, 1.165) is 17.8 Å². The van der Waals surface area contributed by atoms with Crippen LogP contribution < -0.4 is 0 Å². The van der Waals surface area contributed by atoms with Crippen molar-refractivity contribution in [2.75, 3.05) is 24.6 Å². The molecule has 0 spiro atoms. The fourth-order valence-corrected chi connectivity index (χ4v) is 13.3. The number of hydrogen-bond acceptors (Lipinski definition) is 0. The quantitative estimate of drug-likeness (QED) is 0.0335. The van der Waals surface area contributed by atoms with E-state index in [0.29, 0.717) is 0 Å². The van der Waals surface area contributed by atoms with Crippen LogP contribution in [0.25, 0.3) is 0 Å². The van der Waals surface area contributed by atoms with Crippen molar-refractivity contribution in [1.29, 1.82) is 0 Å². The topological polar surface area (TPSA) is 0 Å². The monoisotopic (exact) mass is 627 g/mol. The van der Waals surface area contributed by atoms with Crippen LogP contribution in [0, 0.1) is 17.8 Å². The molecule has 0 aromatic rings. The lowest BCUT2D eigenvalue weighted by Gasteiger charge is -2.36. The minimum Gasteiger partial charge on any atom is -0.418 e. The Morgan fingerprint density at radius 3 is 0.929 bits per heavy atom. The zero-order valence-electron chi connectivity index (χ0n) is 29.7. The molecule has 3 atom stereocenters. The molecular weight excluding hydrogens is 550 g/mol. The Morgan fingerprint density at radius 1 is 0.405 bits per heavy atom. The van der Waals surface area contributed by atoms with Crippen molar-refractivity contribution in [2.45, 2.75) is 190 Å². The van der Waals surface area contributed by atoms with E-state index in [2.05, 4.69) is 48.5 Å². The van der Waals surface area contributed by atoms with Gasteiger partial charge in [0.25, 0.3) is 0 Å². The minimum absolute atomic E-state index is 0.909. The second kappa shape index (κ2) is 29.9. The molecule has 256 valence electrons. The van der Waals surface area contributed by atoms with Gasteiger partial charge in [-0.1, -0.05) is 138 Å². The van der Waals surface area contributed by atoms with Gasteiger partial charge in [-0.3, -0.25) is 0 Å². The molecule has 0 radical (unpaired) electrons. The normalized spacial score (nSPS) is 15.5. The average molecular weight is 627 g/mol. The molecule has 6 heteroatoms. The van der Waals surface area contributed by atoms with Crippen molar-refractivity contribution in [1.82, 2.24) is 0 Å². The molecule has 0 fully saturated rings. The second-order valence-electron chi connectivity index (χ2n) is 13.5. The van der Waals surface area contributed by atoms with E-state index in [9.17, 15) is 17.3 Å². The van der Waals surface area contributed by atoms with Gasteiger partial charge in [-0.2, -0.15) is 0 Å². The molecule has 0 bridgehead atoms. The molecule has 0 aromatic heterocycles. The van der Waals surface area contributed by atoms with E-state index in [1.165, 1.54) is 135 Å². The highest BCUT2D eigenvalue weighted by molar-refractivity contribution is 7.75. The van der Waals surface area contributed by atoms with Gasteiger partial charge in [-0.25, -0.2) is 0 Å². The van der Waals surface area contributed by atoms with Crippen LogP contribution in [-0.4, -0.2) is 31.9 Å². The van der Waals surface area contributed by atoms with Gasteiger partial charge in [0.15, 0.2) is 0 Å². The molecule has 42 heavy (non-hydrogen) atoms. The summed E-state index contributed by atoms with van der Waals surface area (Å²) in [4.78, 5) is 0. The lowest BCUT2D eigenvalue weighted by molar-refractivity contribution is 0.368. The molecule has 0 aliphatic heterocycles. The summed E-state index contributed by atoms with van der Waals surface area (Å²) in [6.45, 7) is 17.1. The van der Waals surface area contributed by atoms with Gasteiger partial charge in [0.05, 0.1) is 24.6 Å². The maximum atomic E-state index is 9.75. The first-order chi connectivity index (χ1) is 20.0. The summed E-state index contributed by atoms with van der Waals surface area (Å²) in [5.74, 6) is 3.01. The highest BCUT2D eigenvalue weighted by atomic mass is 31.2. The molecule has 0 rings (SSSR count). The predicted octanol–water partition coefficient (Wildman–Crippen LogP) is 14.9. The molecule has 0 heterocycles. The lowest BCUT2D eigenvalue weighted by Crippen LogP contribution is -2.25. The first-order valence-electron chi connectivity index (χ1n) is 18.8. The van der Waals surface area contributed by atoms with Crippen LogP contribution in [0.2, 0.25) is 0 Å². The van der Waals surface area contributed by atoms with Crippen molar-refractivity contribution >= 4 is 14.5 Å². The standard InChI is InChI=1S/C36H76P.BF4/c1-8-15-19-20-21-22-23-24-25-26-30-37(31-34(12-5)27-16-9-2,32-35(13-6)28-17-10-3)33-36(14-7)29-18-11-4;2-1(3,4)5/h34-36H,8-33H2,1-7H3;/q+1;-1. The highest BCUT2D eigenvalue weighted by Gasteiger charge is 2.42. The number of unbranched alkanes of at least 4 members (excludes halogenated alkanes) is 12. The molecule has 0 aliphatic rings. The Bertz CT molecular complexity index is 491. The van der Waals surface area contributed by atoms with Gasteiger partial charge in [-0.05, 0) is 69.1 Å². The molecule has 0 N–H and O–H groups in total. The smallest absolute Gasteiger partial charge is 0.418 e. The zero-order valence-corrected chi connectivity index (χ0v) is 30.5. The Labute approximate surface area is 263 Å². The van der Waals surface area contributed by atoms with Crippen LogP contribution in [0.4, 0.5) is 17.3 Å². The third-order valence-corrected chi connectivity index (χ3v) is 14.7. The third kappa shape index (κ3) is 29.0. The van der Waals surface area contributed by atoms with E-state index in [-0.39, 0.29) is 0 Å². The summed E-state index contributed by atoms with van der Waals surface area (Å²) in [5.41, 5.74) is 0. The van der Waals surface area contributed by atoms with E-state index in [4.69, 9.17) is 0 Å². The largest absolute Gasteiger partial charge is 0.673 e. The molecule has 0 saturated heterocycles. The molecule has 0 aromatic carbocycles. The van der Waals surface area contributed by atoms with Crippen LogP contribution in [0.15, 0.2) is 0 Å². The second-order valence-corrected chi connectivity index (χ2v) is 17.8. The maximum absolute atomic E-state index is 9.75. The molecule has 0 saturated carbocycles. The number of rotatable bonds is 29. The summed E-state index contributed by atoms with van der Waals surface area (Å²) >= 11 is 0. The Balaban J connectivity index is 0. The highest BCUT2D eigenvalue weighted by Crippen LogP contribution is 2.64. The van der Waals surface area contributed by atoms with Gasteiger partial charge in [0.1, 0.15) is 0 Å². The van der Waals surface area contributed by atoms with E-state index >= 15 is 0 Å². The van der Waals surface area contributed by atoms with Crippen LogP contribution >= 0.6 is 7.26 Å². The van der Waals surface area contributed by atoms with Crippen molar-refractivity contribution in [3.63, 3.8) is 0 Å². The van der Waals surface area contributed by atoms with Gasteiger partial charge in [0, 0.05) is 7.26 Å². The van der Waals surface area contributed by atoms with Crippen molar-refractivity contribution < 1.29 is 17.3 Å².